The van der Waals surface area contributed by atoms with Gasteiger partial charge in [0.05, 0.1) is 6.42 Å². The van der Waals surface area contributed by atoms with E-state index in [-0.39, 0.29) is 6.42 Å². The van der Waals surface area contributed by atoms with Crippen molar-refractivity contribution in [1.29, 1.82) is 0 Å². The lowest BCUT2D eigenvalue weighted by atomic mass is 9.98. The second kappa shape index (κ2) is 6.83. The molecule has 1 fully saturated rings. The first kappa shape index (κ1) is 15.0. The first-order chi connectivity index (χ1) is 9.56. The number of carbonyl (C=O) groups is 1. The van der Waals surface area contributed by atoms with Gasteiger partial charge >= 0.3 is 5.97 Å². The van der Waals surface area contributed by atoms with Gasteiger partial charge in [0.2, 0.25) is 5.89 Å². The zero-order chi connectivity index (χ0) is 14.5. The number of likely N-dealkylation sites (tertiary alicyclic amines) is 1. The number of aliphatic carboxylic acids is 1. The SMILES string of the molecule is CC(C)N1CCCCC1Cc1nc(CCC(=O)O)no1. The molecule has 1 aromatic heterocycles. The summed E-state index contributed by atoms with van der Waals surface area (Å²) in [6.07, 6.45) is 4.79. The van der Waals surface area contributed by atoms with Crippen LogP contribution in [0.25, 0.3) is 0 Å². The summed E-state index contributed by atoms with van der Waals surface area (Å²) in [5, 5.41) is 12.5. The predicted molar refractivity (Wildman–Crippen MR) is 73.4 cm³/mol. The van der Waals surface area contributed by atoms with E-state index in [1.165, 1.54) is 12.8 Å². The lowest BCUT2D eigenvalue weighted by Gasteiger charge is -2.38. The van der Waals surface area contributed by atoms with Crippen LogP contribution in [-0.4, -0.2) is 44.7 Å². The fourth-order valence-corrected chi connectivity index (χ4v) is 2.82. The van der Waals surface area contributed by atoms with Crippen molar-refractivity contribution in [1.82, 2.24) is 15.0 Å². The minimum absolute atomic E-state index is 0.0422. The van der Waals surface area contributed by atoms with Gasteiger partial charge in [0, 0.05) is 24.9 Å². The molecule has 0 aromatic carbocycles. The van der Waals surface area contributed by atoms with Crippen LogP contribution in [0.5, 0.6) is 0 Å². The highest BCUT2D eigenvalue weighted by atomic mass is 16.5. The molecule has 0 spiro atoms. The van der Waals surface area contributed by atoms with Crippen LogP contribution >= 0.6 is 0 Å². The van der Waals surface area contributed by atoms with Gasteiger partial charge in [0.1, 0.15) is 0 Å². The molecule has 1 atom stereocenters. The Morgan fingerprint density at radius 1 is 1.50 bits per heavy atom. The molecule has 0 bridgehead atoms. The summed E-state index contributed by atoms with van der Waals surface area (Å²) in [6, 6.07) is 0.978. The average molecular weight is 281 g/mol. The van der Waals surface area contributed by atoms with Gasteiger partial charge in [-0.3, -0.25) is 9.69 Å². The first-order valence-corrected chi connectivity index (χ1v) is 7.35. The van der Waals surface area contributed by atoms with Gasteiger partial charge in [-0.25, -0.2) is 0 Å². The monoisotopic (exact) mass is 281 g/mol. The highest BCUT2D eigenvalue weighted by molar-refractivity contribution is 5.66. The molecule has 2 heterocycles. The van der Waals surface area contributed by atoms with Crippen molar-refractivity contribution < 1.29 is 14.4 Å². The largest absolute Gasteiger partial charge is 0.481 e. The van der Waals surface area contributed by atoms with E-state index >= 15 is 0 Å². The van der Waals surface area contributed by atoms with Crippen molar-refractivity contribution in [2.24, 2.45) is 0 Å². The molecule has 6 heteroatoms. The highest BCUT2D eigenvalue weighted by Crippen LogP contribution is 2.22. The first-order valence-electron chi connectivity index (χ1n) is 7.35. The quantitative estimate of drug-likeness (QED) is 0.857. The van der Waals surface area contributed by atoms with Crippen molar-refractivity contribution in [3.05, 3.63) is 11.7 Å². The number of aromatic nitrogens is 2. The molecule has 0 aliphatic carbocycles. The van der Waals surface area contributed by atoms with Crippen LogP contribution in [0.4, 0.5) is 0 Å². The number of hydrogen-bond acceptors (Lipinski definition) is 5. The maximum atomic E-state index is 10.5. The standard InChI is InChI=1S/C14H23N3O3/c1-10(2)17-8-4-3-5-11(17)9-13-15-12(16-20-13)6-7-14(18)19/h10-11H,3-9H2,1-2H3,(H,18,19). The number of hydrogen-bond donors (Lipinski definition) is 1. The van der Waals surface area contributed by atoms with Gasteiger partial charge < -0.3 is 9.63 Å². The van der Waals surface area contributed by atoms with E-state index in [0.717, 1.165) is 19.4 Å². The Bertz CT molecular complexity index is 445. The normalized spacial score (nSPS) is 20.4. The number of piperidine rings is 1. The van der Waals surface area contributed by atoms with Gasteiger partial charge in [0.15, 0.2) is 5.82 Å². The van der Waals surface area contributed by atoms with Gasteiger partial charge in [-0.2, -0.15) is 4.98 Å². The molecule has 1 unspecified atom stereocenters. The molecular weight excluding hydrogens is 258 g/mol. The van der Waals surface area contributed by atoms with E-state index in [0.29, 0.717) is 30.2 Å². The van der Waals surface area contributed by atoms with Crippen LogP contribution in [0.2, 0.25) is 0 Å². The van der Waals surface area contributed by atoms with Gasteiger partial charge in [-0.05, 0) is 33.2 Å². The summed E-state index contributed by atoms with van der Waals surface area (Å²) in [5.74, 6) is 0.284. The van der Waals surface area contributed by atoms with E-state index < -0.39 is 5.97 Å². The minimum atomic E-state index is -0.838. The molecule has 1 aliphatic heterocycles. The maximum absolute atomic E-state index is 10.5. The van der Waals surface area contributed by atoms with E-state index in [9.17, 15) is 4.79 Å². The molecule has 6 nitrogen and oxygen atoms in total. The van der Waals surface area contributed by atoms with Crippen molar-refractivity contribution in [3.8, 4) is 0 Å². The Hall–Kier alpha value is -1.43. The molecule has 20 heavy (non-hydrogen) atoms. The Labute approximate surface area is 119 Å². The molecule has 1 N–H and O–H groups in total. The van der Waals surface area contributed by atoms with Crippen molar-refractivity contribution in [3.63, 3.8) is 0 Å². The number of carboxylic acids is 1. The minimum Gasteiger partial charge on any atom is -0.481 e. The summed E-state index contributed by atoms with van der Waals surface area (Å²) in [6.45, 7) is 5.55. The number of carboxylic acid groups (broad SMARTS) is 1. The fraction of sp³-hybridized carbons (Fsp3) is 0.786. The molecule has 112 valence electrons. The van der Waals surface area contributed by atoms with E-state index in [1.807, 2.05) is 0 Å². The number of aryl methyl sites for hydroxylation is 1. The molecule has 0 amide bonds. The Morgan fingerprint density at radius 3 is 3.00 bits per heavy atom. The summed E-state index contributed by atoms with van der Waals surface area (Å²) >= 11 is 0. The molecule has 1 aliphatic rings. The van der Waals surface area contributed by atoms with Crippen LogP contribution < -0.4 is 0 Å². The van der Waals surface area contributed by atoms with Crippen LogP contribution in [0.15, 0.2) is 4.52 Å². The van der Waals surface area contributed by atoms with Crippen molar-refractivity contribution in [2.45, 2.75) is 64.5 Å². The third-order valence-corrected chi connectivity index (χ3v) is 3.82. The summed E-state index contributed by atoms with van der Waals surface area (Å²) < 4.78 is 5.25. The van der Waals surface area contributed by atoms with Crippen LogP contribution in [-0.2, 0) is 17.6 Å². The Kier molecular flexibility index (Phi) is 5.11. The molecule has 2 rings (SSSR count). The lowest BCUT2D eigenvalue weighted by Crippen LogP contribution is -2.45. The highest BCUT2D eigenvalue weighted by Gasteiger charge is 2.26. The lowest BCUT2D eigenvalue weighted by molar-refractivity contribution is -0.137. The molecule has 0 radical (unpaired) electrons. The average Bonchev–Trinajstić information content (AvgIpc) is 2.84. The third-order valence-electron chi connectivity index (χ3n) is 3.82. The second-order valence-electron chi connectivity index (χ2n) is 5.68. The van der Waals surface area contributed by atoms with Crippen LogP contribution in [0, 0.1) is 0 Å². The zero-order valence-corrected chi connectivity index (χ0v) is 12.2. The zero-order valence-electron chi connectivity index (χ0n) is 12.2. The van der Waals surface area contributed by atoms with Gasteiger partial charge in [-0.15, -0.1) is 0 Å². The predicted octanol–water partition coefficient (Wildman–Crippen LogP) is 1.89. The van der Waals surface area contributed by atoms with Crippen molar-refractivity contribution >= 4 is 5.97 Å². The maximum Gasteiger partial charge on any atom is 0.303 e. The van der Waals surface area contributed by atoms with Gasteiger partial charge in [0.25, 0.3) is 0 Å². The topological polar surface area (TPSA) is 79.5 Å². The second-order valence-corrected chi connectivity index (χ2v) is 5.68. The van der Waals surface area contributed by atoms with Crippen LogP contribution in [0.1, 0.15) is 51.2 Å². The molecule has 1 aromatic rings. The Morgan fingerprint density at radius 2 is 2.30 bits per heavy atom. The van der Waals surface area contributed by atoms with E-state index in [4.69, 9.17) is 9.63 Å². The summed E-state index contributed by atoms with van der Waals surface area (Å²) in [7, 11) is 0. The van der Waals surface area contributed by atoms with E-state index in [1.54, 1.807) is 0 Å². The van der Waals surface area contributed by atoms with Gasteiger partial charge in [-0.1, -0.05) is 11.6 Å². The number of nitrogens with zero attached hydrogens (tertiary/aromatic N) is 3. The molecule has 1 saturated heterocycles. The number of rotatable bonds is 6. The van der Waals surface area contributed by atoms with Crippen LogP contribution in [0.3, 0.4) is 0 Å². The third kappa shape index (κ3) is 4.03. The summed E-state index contributed by atoms with van der Waals surface area (Å²) in [5.41, 5.74) is 0. The van der Waals surface area contributed by atoms with Crippen molar-refractivity contribution in [2.75, 3.05) is 6.54 Å². The Balaban J connectivity index is 1.93. The fourth-order valence-electron chi connectivity index (χ4n) is 2.82. The molecule has 0 saturated carbocycles. The molecular formula is C14H23N3O3. The summed E-state index contributed by atoms with van der Waals surface area (Å²) in [4.78, 5) is 17.3. The van der Waals surface area contributed by atoms with E-state index in [2.05, 4.69) is 28.9 Å². The smallest absolute Gasteiger partial charge is 0.303 e.